The molecule has 2 N–H and O–H groups in total. The van der Waals surface area contributed by atoms with E-state index in [0.29, 0.717) is 29.8 Å². The van der Waals surface area contributed by atoms with E-state index < -0.39 is 34.7 Å². The smallest absolute Gasteiger partial charge is 0.296 e. The van der Waals surface area contributed by atoms with Gasteiger partial charge in [-0.3, -0.25) is 14.4 Å². The lowest BCUT2D eigenvalue weighted by Crippen LogP contribution is -3.05. The largest absolute Gasteiger partial charge is 0.507 e. The van der Waals surface area contributed by atoms with Crippen LogP contribution in [-0.4, -0.2) is 61.3 Å². The number of hydrogen-bond acceptors (Lipinski definition) is 4. The molecule has 1 atom stereocenters. The van der Waals surface area contributed by atoms with Crippen LogP contribution in [0.15, 0.2) is 60.7 Å². The van der Waals surface area contributed by atoms with Crippen LogP contribution in [0.1, 0.15) is 23.1 Å². The summed E-state index contributed by atoms with van der Waals surface area (Å²) in [5.41, 5.74) is -0.841. The van der Waals surface area contributed by atoms with Gasteiger partial charge in [-0.2, -0.15) is 0 Å². The maximum absolute atomic E-state index is 14.4. The Balaban J connectivity index is 2.01. The van der Waals surface area contributed by atoms with Crippen molar-refractivity contribution >= 4 is 29.0 Å². The van der Waals surface area contributed by atoms with Gasteiger partial charge in [-0.05, 0) is 24.6 Å². The fourth-order valence-electron chi connectivity index (χ4n) is 4.95. The first-order chi connectivity index (χ1) is 16.7. The summed E-state index contributed by atoms with van der Waals surface area (Å²) in [6.07, 6.45) is 2.10. The van der Waals surface area contributed by atoms with E-state index in [2.05, 4.69) is 6.58 Å². The highest BCUT2D eigenvalue weighted by molar-refractivity contribution is 6.50. The first kappa shape index (κ1) is 24.3. The van der Waals surface area contributed by atoms with Crippen molar-refractivity contribution in [3.05, 3.63) is 83.2 Å². The third-order valence-electron chi connectivity index (χ3n) is 6.62. The molecular formula is C27H29FN3O4+. The predicted octanol–water partition coefficient (Wildman–Crippen LogP) is 1.78. The minimum absolute atomic E-state index is 0.0238. The van der Waals surface area contributed by atoms with Crippen LogP contribution >= 0.6 is 0 Å². The highest BCUT2D eigenvalue weighted by Crippen LogP contribution is 2.53. The normalized spacial score (nSPS) is 20.9. The summed E-state index contributed by atoms with van der Waals surface area (Å²) in [7, 11) is 3.94. The number of likely N-dealkylation sites (tertiary alicyclic amines) is 1. The second kappa shape index (κ2) is 9.11. The molecule has 1 unspecified atom stereocenters. The van der Waals surface area contributed by atoms with Crippen LogP contribution in [0.5, 0.6) is 0 Å². The number of amides is 2. The van der Waals surface area contributed by atoms with Gasteiger partial charge in [-0.25, -0.2) is 4.39 Å². The number of anilines is 1. The Morgan fingerprint density at radius 3 is 2.54 bits per heavy atom. The van der Waals surface area contributed by atoms with Gasteiger partial charge in [0.05, 0.1) is 31.9 Å². The number of para-hydroxylation sites is 1. The first-order valence-electron chi connectivity index (χ1n) is 11.5. The van der Waals surface area contributed by atoms with Gasteiger partial charge in [0.15, 0.2) is 5.54 Å². The summed E-state index contributed by atoms with van der Waals surface area (Å²) in [4.78, 5) is 44.9. The zero-order valence-electron chi connectivity index (χ0n) is 20.1. The molecule has 1 saturated heterocycles. The Bertz CT molecular complexity index is 1270. The molecule has 2 aromatic rings. The summed E-state index contributed by atoms with van der Waals surface area (Å²) in [5.74, 6) is -3.51. The Hall–Kier alpha value is -3.78. The van der Waals surface area contributed by atoms with Crippen LogP contribution in [0.2, 0.25) is 0 Å². The monoisotopic (exact) mass is 478 g/mol. The summed E-state index contributed by atoms with van der Waals surface area (Å²) < 4.78 is 14.4. The van der Waals surface area contributed by atoms with Crippen molar-refractivity contribution in [2.45, 2.75) is 18.9 Å². The third kappa shape index (κ3) is 3.65. The average molecular weight is 479 g/mol. The number of nitrogens with zero attached hydrogens (tertiary/aromatic N) is 2. The molecule has 0 aromatic heterocycles. The summed E-state index contributed by atoms with van der Waals surface area (Å²) in [6, 6.07) is 11.0. The molecule has 4 rings (SSSR count). The number of halogens is 1. The molecule has 2 amide bonds. The number of aliphatic hydroxyl groups excluding tert-OH is 1. The number of carbonyl (C=O) groups excluding carboxylic acids is 3. The number of nitrogens with one attached hydrogen (secondary N) is 1. The molecule has 35 heavy (non-hydrogen) atoms. The van der Waals surface area contributed by atoms with Crippen molar-refractivity contribution in [2.75, 3.05) is 38.6 Å². The van der Waals surface area contributed by atoms with Crippen LogP contribution in [0.25, 0.3) is 5.76 Å². The maximum atomic E-state index is 14.4. The minimum atomic E-state index is -1.85. The number of aliphatic hydroxyl groups is 1. The Labute approximate surface area is 203 Å². The topological polar surface area (TPSA) is 82.4 Å². The molecule has 182 valence electrons. The molecule has 2 heterocycles. The molecule has 0 radical (unpaired) electrons. The second-order valence-electron chi connectivity index (χ2n) is 9.22. The van der Waals surface area contributed by atoms with Crippen LogP contribution in [0, 0.1) is 12.7 Å². The minimum Gasteiger partial charge on any atom is -0.507 e. The van der Waals surface area contributed by atoms with E-state index in [-0.39, 0.29) is 24.2 Å². The highest BCUT2D eigenvalue weighted by Gasteiger charge is 2.66. The van der Waals surface area contributed by atoms with Crippen LogP contribution in [0.4, 0.5) is 10.1 Å². The van der Waals surface area contributed by atoms with Gasteiger partial charge in [0.1, 0.15) is 11.6 Å². The molecule has 2 aliphatic heterocycles. The van der Waals surface area contributed by atoms with Crippen molar-refractivity contribution in [2.24, 2.45) is 0 Å². The van der Waals surface area contributed by atoms with Gasteiger partial charge >= 0.3 is 0 Å². The maximum Gasteiger partial charge on any atom is 0.296 e. The molecule has 7 nitrogen and oxygen atoms in total. The molecule has 0 aliphatic carbocycles. The number of aryl methyl sites for hydroxylation is 1. The number of hydrogen-bond donors (Lipinski definition) is 2. The average Bonchev–Trinajstić information content (AvgIpc) is 3.19. The molecule has 2 aromatic carbocycles. The molecule has 2 aliphatic rings. The van der Waals surface area contributed by atoms with Gasteiger partial charge in [0.2, 0.25) is 0 Å². The van der Waals surface area contributed by atoms with Gasteiger partial charge in [0, 0.05) is 30.6 Å². The Morgan fingerprint density at radius 1 is 1.17 bits per heavy atom. The lowest BCUT2D eigenvalue weighted by molar-refractivity contribution is -0.858. The summed E-state index contributed by atoms with van der Waals surface area (Å²) in [5, 5.41) is 11.4. The third-order valence-corrected chi connectivity index (χ3v) is 6.62. The number of rotatable bonds is 7. The lowest BCUT2D eigenvalue weighted by Gasteiger charge is -2.34. The quantitative estimate of drug-likeness (QED) is 0.275. The SMILES string of the molecule is C=CCN1C(=O)C2(C(=C(O)c3ccc(C)c(F)c3)C(=O)C(=O)N2CCC[NH+](C)C)c2ccccc21. The molecule has 1 spiro atoms. The second-order valence-corrected chi connectivity index (χ2v) is 9.22. The predicted molar refractivity (Wildman–Crippen MR) is 130 cm³/mol. The fraction of sp³-hybridized carbons (Fsp3) is 0.296. The Kier molecular flexibility index (Phi) is 6.34. The van der Waals surface area contributed by atoms with Gasteiger partial charge in [-0.1, -0.05) is 36.4 Å². The number of benzene rings is 2. The van der Waals surface area contributed by atoms with E-state index in [1.165, 1.54) is 21.9 Å². The van der Waals surface area contributed by atoms with Crippen molar-refractivity contribution < 1.29 is 28.8 Å². The number of Topliss-reactive ketones (excluding diaryl/α,β-unsaturated/α-hetero) is 1. The Morgan fingerprint density at radius 2 is 1.89 bits per heavy atom. The zero-order valence-corrected chi connectivity index (χ0v) is 20.1. The van der Waals surface area contributed by atoms with E-state index in [0.717, 1.165) is 11.0 Å². The zero-order chi connectivity index (χ0) is 25.5. The number of quaternary nitrogens is 1. The van der Waals surface area contributed by atoms with Gasteiger partial charge in [0.25, 0.3) is 17.6 Å². The van der Waals surface area contributed by atoms with Crippen LogP contribution < -0.4 is 9.80 Å². The van der Waals surface area contributed by atoms with E-state index in [4.69, 9.17) is 0 Å². The van der Waals surface area contributed by atoms with Crippen molar-refractivity contribution in [1.82, 2.24) is 4.90 Å². The van der Waals surface area contributed by atoms with Crippen LogP contribution in [-0.2, 0) is 19.9 Å². The van der Waals surface area contributed by atoms with E-state index in [1.54, 1.807) is 37.3 Å². The molecule has 8 heteroatoms. The van der Waals surface area contributed by atoms with Crippen LogP contribution in [0.3, 0.4) is 0 Å². The number of carbonyl (C=O) groups is 3. The number of fused-ring (bicyclic) bond motifs is 2. The highest BCUT2D eigenvalue weighted by atomic mass is 19.1. The van der Waals surface area contributed by atoms with Crippen molar-refractivity contribution in [1.29, 1.82) is 0 Å². The lowest BCUT2D eigenvalue weighted by atomic mass is 9.81. The van der Waals surface area contributed by atoms with Gasteiger partial charge in [-0.15, -0.1) is 6.58 Å². The van der Waals surface area contributed by atoms with E-state index in [1.807, 2.05) is 14.1 Å². The first-order valence-corrected chi connectivity index (χ1v) is 11.5. The molecule has 0 bridgehead atoms. The fourth-order valence-corrected chi connectivity index (χ4v) is 4.95. The summed E-state index contributed by atoms with van der Waals surface area (Å²) >= 11 is 0. The van der Waals surface area contributed by atoms with Gasteiger partial charge < -0.3 is 19.8 Å². The molecule has 0 saturated carbocycles. The van der Waals surface area contributed by atoms with Crippen molar-refractivity contribution in [3.63, 3.8) is 0 Å². The molecule has 1 fully saturated rings. The standard InChI is InChI=1S/C27H28FN3O4/c1-5-13-30-21-10-7-6-9-19(21)27(26(30)35)22(23(32)18-12-11-17(2)20(28)16-18)24(33)25(34)31(27)15-8-14-29(3)4/h5-7,9-12,16,32H,1,8,13-15H2,2-4H3/p+1. The number of ketones is 1. The van der Waals surface area contributed by atoms with E-state index >= 15 is 0 Å². The van der Waals surface area contributed by atoms with E-state index in [9.17, 15) is 23.9 Å². The molecular weight excluding hydrogens is 449 g/mol. The summed E-state index contributed by atoms with van der Waals surface area (Å²) in [6.45, 7) is 6.31. The van der Waals surface area contributed by atoms with Crippen molar-refractivity contribution in [3.8, 4) is 0 Å².